The first-order valence-corrected chi connectivity index (χ1v) is 8.43. The molecule has 0 spiro atoms. The highest BCUT2D eigenvalue weighted by atomic mass is 32.1. The fraction of sp³-hybridized carbons (Fsp3) is 0.222. The minimum absolute atomic E-state index is 0.0656. The predicted molar refractivity (Wildman–Crippen MR) is 91.1 cm³/mol. The normalized spacial score (nSPS) is 15.4. The number of fused-ring (bicyclic) bond motifs is 1. The van der Waals surface area contributed by atoms with E-state index in [0.717, 1.165) is 28.5 Å². The first-order valence-electron chi connectivity index (χ1n) is 7.61. The monoisotopic (exact) mass is 341 g/mol. The van der Waals surface area contributed by atoms with Crippen LogP contribution in [-0.4, -0.2) is 27.8 Å². The van der Waals surface area contributed by atoms with Crippen molar-refractivity contribution in [3.05, 3.63) is 53.2 Å². The molecule has 6 heteroatoms. The summed E-state index contributed by atoms with van der Waals surface area (Å²) < 4.78 is 6.67. The molecule has 3 aromatic rings. The molecule has 0 unspecified atom stereocenters. The van der Waals surface area contributed by atoms with Crippen LogP contribution < -0.4 is 4.74 Å². The van der Waals surface area contributed by atoms with Gasteiger partial charge in [-0.3, -0.25) is 4.98 Å². The first-order chi connectivity index (χ1) is 11.6. The fourth-order valence-corrected chi connectivity index (χ4v) is 3.70. The molecule has 5 nitrogen and oxygen atoms in total. The lowest BCUT2D eigenvalue weighted by Gasteiger charge is -2.13. The van der Waals surface area contributed by atoms with Gasteiger partial charge in [0, 0.05) is 17.0 Å². The Kier molecular flexibility index (Phi) is 3.51. The number of carboxylic acids is 1. The second-order valence-corrected chi connectivity index (χ2v) is 7.11. The third kappa shape index (κ3) is 2.53. The maximum Gasteiger partial charge on any atom is 0.345 e. The van der Waals surface area contributed by atoms with Crippen molar-refractivity contribution in [2.45, 2.75) is 18.3 Å². The average Bonchev–Trinajstić information content (AvgIpc) is 3.26. The Hall–Kier alpha value is -2.44. The van der Waals surface area contributed by atoms with Crippen molar-refractivity contribution >= 4 is 27.4 Å². The maximum absolute atomic E-state index is 11.1. The number of hydrogen-bond donors (Lipinski definition) is 2. The van der Waals surface area contributed by atoms with Gasteiger partial charge in [-0.25, -0.2) is 4.79 Å². The number of benzene rings is 1. The van der Waals surface area contributed by atoms with Gasteiger partial charge >= 0.3 is 5.97 Å². The first kappa shape index (κ1) is 15.1. The third-order valence-electron chi connectivity index (χ3n) is 4.47. The smallest absolute Gasteiger partial charge is 0.345 e. The number of ether oxygens (including phenoxy) is 1. The van der Waals surface area contributed by atoms with Gasteiger partial charge in [-0.1, -0.05) is 12.1 Å². The van der Waals surface area contributed by atoms with Crippen molar-refractivity contribution in [2.24, 2.45) is 0 Å². The molecule has 122 valence electrons. The van der Waals surface area contributed by atoms with E-state index >= 15 is 0 Å². The van der Waals surface area contributed by atoms with Gasteiger partial charge in [-0.2, -0.15) is 0 Å². The highest BCUT2D eigenvalue weighted by molar-refractivity contribution is 7.20. The van der Waals surface area contributed by atoms with Gasteiger partial charge in [0.25, 0.3) is 0 Å². The van der Waals surface area contributed by atoms with Gasteiger partial charge < -0.3 is 14.9 Å². The molecule has 0 radical (unpaired) electrons. The highest BCUT2D eigenvalue weighted by Crippen LogP contribution is 2.48. The van der Waals surface area contributed by atoms with Crippen molar-refractivity contribution in [1.29, 1.82) is 0 Å². The molecule has 1 saturated carbocycles. The van der Waals surface area contributed by atoms with E-state index in [0.29, 0.717) is 11.5 Å². The summed E-state index contributed by atoms with van der Waals surface area (Å²) in [4.78, 5) is 15.5. The van der Waals surface area contributed by atoms with Crippen molar-refractivity contribution in [2.75, 3.05) is 6.61 Å². The fourth-order valence-electron chi connectivity index (χ4n) is 2.81. The Labute approximate surface area is 142 Å². The van der Waals surface area contributed by atoms with Crippen LogP contribution in [0.4, 0.5) is 0 Å². The molecule has 24 heavy (non-hydrogen) atoms. The Morgan fingerprint density at radius 3 is 2.62 bits per heavy atom. The minimum atomic E-state index is -0.953. The summed E-state index contributed by atoms with van der Waals surface area (Å²) in [5.41, 5.74) is 1.06. The van der Waals surface area contributed by atoms with Gasteiger partial charge in [-0.05, 0) is 36.6 Å². The number of thiophene rings is 1. The number of nitrogens with zero attached hydrogens (tertiary/aromatic N) is 1. The SMILES string of the molecule is O=C(O)c1cc2c(Oc3ccc(C4(CO)CC4)cc3)cncc2s1. The minimum Gasteiger partial charge on any atom is -0.477 e. The molecular formula is C18H15NO4S. The van der Waals surface area contributed by atoms with Gasteiger partial charge in [0.2, 0.25) is 0 Å². The van der Waals surface area contributed by atoms with Crippen LogP contribution in [0.5, 0.6) is 11.5 Å². The van der Waals surface area contributed by atoms with Gasteiger partial charge in [0.1, 0.15) is 10.6 Å². The number of carboxylic acid groups (broad SMARTS) is 1. The number of aromatic nitrogens is 1. The molecule has 0 atom stereocenters. The van der Waals surface area contributed by atoms with E-state index < -0.39 is 5.97 Å². The molecule has 1 aromatic carbocycles. The zero-order valence-corrected chi connectivity index (χ0v) is 13.5. The Balaban J connectivity index is 1.63. The topological polar surface area (TPSA) is 79.7 Å². The number of rotatable bonds is 5. The van der Waals surface area contributed by atoms with Crippen LogP contribution in [0, 0.1) is 0 Å². The zero-order chi connectivity index (χ0) is 16.7. The Morgan fingerprint density at radius 1 is 1.25 bits per heavy atom. The quantitative estimate of drug-likeness (QED) is 0.738. The second kappa shape index (κ2) is 5.58. The van der Waals surface area contributed by atoms with Crippen LogP contribution in [0.15, 0.2) is 42.7 Å². The van der Waals surface area contributed by atoms with Crippen molar-refractivity contribution in [3.8, 4) is 11.5 Å². The number of aliphatic hydroxyl groups is 1. The lowest BCUT2D eigenvalue weighted by molar-refractivity contribution is 0.0702. The number of pyridine rings is 1. The van der Waals surface area contributed by atoms with E-state index in [2.05, 4.69) is 4.98 Å². The molecular weight excluding hydrogens is 326 g/mol. The molecule has 0 amide bonds. The van der Waals surface area contributed by atoms with E-state index in [4.69, 9.17) is 9.84 Å². The molecule has 2 heterocycles. The summed E-state index contributed by atoms with van der Waals surface area (Å²) in [6.07, 6.45) is 5.25. The molecule has 2 aromatic heterocycles. The standard InChI is InChI=1S/C18H15NO4S/c20-10-18(5-6-18)11-1-3-12(4-2-11)23-14-8-19-9-16-13(14)7-15(24-16)17(21)22/h1-4,7-9,20H,5-6,10H2,(H,21,22). The molecule has 1 aliphatic rings. The predicted octanol–water partition coefficient (Wildman–Crippen LogP) is 3.81. The van der Waals surface area contributed by atoms with Crippen LogP contribution in [0.25, 0.3) is 10.1 Å². The van der Waals surface area contributed by atoms with Gasteiger partial charge in [-0.15, -0.1) is 11.3 Å². The number of hydrogen-bond acceptors (Lipinski definition) is 5. The number of aromatic carboxylic acids is 1. The van der Waals surface area contributed by atoms with Gasteiger partial charge in [0.05, 0.1) is 17.5 Å². The molecule has 4 rings (SSSR count). The summed E-state index contributed by atoms with van der Waals surface area (Å²) >= 11 is 1.18. The summed E-state index contributed by atoms with van der Waals surface area (Å²) in [6.45, 7) is 0.170. The van der Waals surface area contributed by atoms with E-state index in [1.54, 1.807) is 18.5 Å². The Morgan fingerprint density at radius 2 is 2.00 bits per heavy atom. The third-order valence-corrected chi connectivity index (χ3v) is 5.53. The van der Waals surface area contributed by atoms with Crippen molar-refractivity contribution in [1.82, 2.24) is 4.98 Å². The maximum atomic E-state index is 11.1. The van der Waals surface area contributed by atoms with E-state index in [1.807, 2.05) is 24.3 Å². The van der Waals surface area contributed by atoms with E-state index in [1.165, 1.54) is 11.3 Å². The molecule has 1 fully saturated rings. The number of aliphatic hydroxyl groups excluding tert-OH is 1. The molecule has 2 N–H and O–H groups in total. The van der Waals surface area contributed by atoms with Crippen LogP contribution in [0.2, 0.25) is 0 Å². The zero-order valence-electron chi connectivity index (χ0n) is 12.7. The van der Waals surface area contributed by atoms with E-state index in [-0.39, 0.29) is 16.9 Å². The van der Waals surface area contributed by atoms with Crippen molar-refractivity contribution < 1.29 is 19.7 Å². The summed E-state index contributed by atoms with van der Waals surface area (Å²) in [7, 11) is 0. The second-order valence-electron chi connectivity index (χ2n) is 6.03. The summed E-state index contributed by atoms with van der Waals surface area (Å²) in [5, 5.41) is 19.4. The average molecular weight is 341 g/mol. The lowest BCUT2D eigenvalue weighted by atomic mass is 9.97. The summed E-state index contributed by atoms with van der Waals surface area (Å²) in [5.74, 6) is 0.238. The Bertz CT molecular complexity index is 912. The lowest BCUT2D eigenvalue weighted by Crippen LogP contribution is -2.11. The van der Waals surface area contributed by atoms with Crippen molar-refractivity contribution in [3.63, 3.8) is 0 Å². The highest BCUT2D eigenvalue weighted by Gasteiger charge is 2.43. The molecule has 0 aliphatic heterocycles. The molecule has 0 saturated heterocycles. The van der Waals surface area contributed by atoms with Crippen LogP contribution in [-0.2, 0) is 5.41 Å². The van der Waals surface area contributed by atoms with Crippen LogP contribution in [0.1, 0.15) is 28.1 Å². The van der Waals surface area contributed by atoms with Crippen LogP contribution >= 0.6 is 11.3 Å². The summed E-state index contributed by atoms with van der Waals surface area (Å²) in [6, 6.07) is 9.30. The molecule has 1 aliphatic carbocycles. The van der Waals surface area contributed by atoms with Gasteiger partial charge in [0.15, 0.2) is 5.75 Å². The van der Waals surface area contributed by atoms with Crippen LogP contribution in [0.3, 0.4) is 0 Å². The van der Waals surface area contributed by atoms with E-state index in [9.17, 15) is 9.90 Å². The largest absolute Gasteiger partial charge is 0.477 e. The molecule has 0 bridgehead atoms. The number of carbonyl (C=O) groups is 1.